The number of hydrogen-bond acceptors (Lipinski definition) is 4. The van der Waals surface area contributed by atoms with Crippen LogP contribution in [0.4, 0.5) is 4.79 Å². The molecule has 0 bridgehead atoms. The van der Waals surface area contributed by atoms with Crippen molar-refractivity contribution in [1.82, 2.24) is 5.32 Å². The molecule has 0 heterocycles. The number of benzene rings is 2. The van der Waals surface area contributed by atoms with Crippen LogP contribution in [0.1, 0.15) is 24.0 Å². The van der Waals surface area contributed by atoms with Gasteiger partial charge in [-0.25, -0.2) is 4.79 Å². The maximum absolute atomic E-state index is 11.8. The predicted octanol–water partition coefficient (Wildman–Crippen LogP) is 4.48. The number of rotatable bonds is 6. The number of carbonyl (C=O) groups is 1. The summed E-state index contributed by atoms with van der Waals surface area (Å²) >= 11 is 1.40. The van der Waals surface area contributed by atoms with Gasteiger partial charge in [-0.05, 0) is 37.5 Å². The average Bonchev–Trinajstić information content (AvgIpc) is 2.57. The van der Waals surface area contributed by atoms with Gasteiger partial charge in [0.05, 0.1) is 6.10 Å². The van der Waals surface area contributed by atoms with Crippen molar-refractivity contribution in [2.45, 2.75) is 43.4 Å². The molecule has 1 amide bonds. The van der Waals surface area contributed by atoms with Gasteiger partial charge in [-0.2, -0.15) is 0 Å². The van der Waals surface area contributed by atoms with Crippen molar-refractivity contribution >= 4 is 18.1 Å². The Morgan fingerprint density at radius 3 is 2.54 bits per heavy atom. The molecule has 0 atom stereocenters. The lowest BCUT2D eigenvalue weighted by atomic mass is 9.90. The Labute approximate surface area is 146 Å². The third kappa shape index (κ3) is 5.01. The zero-order chi connectivity index (χ0) is 16.8. The van der Waals surface area contributed by atoms with Crippen molar-refractivity contribution < 1.29 is 13.7 Å². The Bertz CT molecular complexity index is 654. The lowest BCUT2D eigenvalue weighted by Crippen LogP contribution is -2.47. The highest BCUT2D eigenvalue weighted by Gasteiger charge is 2.32. The third-order valence-corrected chi connectivity index (χ3v) is 4.76. The number of alkyl carbamates (subject to hydrolysis) is 1. The van der Waals surface area contributed by atoms with Gasteiger partial charge >= 0.3 is 6.09 Å². The molecule has 4 nitrogen and oxygen atoms in total. The molecule has 5 heteroatoms. The fourth-order valence-corrected chi connectivity index (χ4v) is 3.06. The molecule has 0 saturated heterocycles. The molecule has 0 unspecified atom stereocenters. The minimum Gasteiger partial charge on any atom is -0.445 e. The monoisotopic (exact) mass is 343 g/mol. The summed E-state index contributed by atoms with van der Waals surface area (Å²) in [7, 11) is 0. The van der Waals surface area contributed by atoms with Gasteiger partial charge in [-0.15, -0.1) is 0 Å². The lowest BCUT2D eigenvalue weighted by molar-refractivity contribution is 0.0892. The number of aryl methyl sites for hydroxylation is 1. The normalized spacial score (nSPS) is 19.4. The highest BCUT2D eigenvalue weighted by atomic mass is 32.2. The van der Waals surface area contributed by atoms with Crippen LogP contribution in [0.5, 0.6) is 0 Å². The third-order valence-electron chi connectivity index (χ3n) is 3.93. The van der Waals surface area contributed by atoms with Crippen molar-refractivity contribution in [3.8, 4) is 0 Å². The second-order valence-electron chi connectivity index (χ2n) is 5.99. The van der Waals surface area contributed by atoms with Gasteiger partial charge in [0.2, 0.25) is 0 Å². The van der Waals surface area contributed by atoms with E-state index in [1.54, 1.807) is 0 Å². The second-order valence-corrected chi connectivity index (χ2v) is 6.82. The fraction of sp³-hybridized carbons (Fsp3) is 0.316. The summed E-state index contributed by atoms with van der Waals surface area (Å²) in [5, 5.41) is 2.87. The average molecular weight is 343 g/mol. The van der Waals surface area contributed by atoms with E-state index in [0.717, 1.165) is 23.3 Å². The zero-order valence-electron chi connectivity index (χ0n) is 13.6. The van der Waals surface area contributed by atoms with Crippen LogP contribution in [0.15, 0.2) is 59.5 Å². The molecule has 0 spiro atoms. The Morgan fingerprint density at radius 1 is 1.12 bits per heavy atom. The number of carbonyl (C=O) groups excluding carboxylic acids is 1. The quantitative estimate of drug-likeness (QED) is 0.786. The Kier molecular flexibility index (Phi) is 5.77. The first-order valence-corrected chi connectivity index (χ1v) is 8.80. The standard InChI is InChI=1S/C19H21NO3S/c1-14-7-9-18(10-8-14)24-23-17-11-16(12-17)20-19(21)22-13-15-5-3-2-4-6-15/h2-10,16-17H,11-13H2,1H3,(H,20,21). The van der Waals surface area contributed by atoms with Crippen LogP contribution in [-0.2, 0) is 15.5 Å². The fourth-order valence-electron chi connectivity index (χ4n) is 2.41. The minimum absolute atomic E-state index is 0.136. The maximum atomic E-state index is 11.8. The van der Waals surface area contributed by atoms with E-state index >= 15 is 0 Å². The van der Waals surface area contributed by atoms with Gasteiger partial charge in [0.15, 0.2) is 0 Å². The van der Waals surface area contributed by atoms with Crippen LogP contribution in [0.25, 0.3) is 0 Å². The van der Waals surface area contributed by atoms with Crippen LogP contribution in [0.3, 0.4) is 0 Å². The summed E-state index contributed by atoms with van der Waals surface area (Å²) in [4.78, 5) is 12.9. The van der Waals surface area contributed by atoms with Gasteiger partial charge in [-0.3, -0.25) is 0 Å². The highest BCUT2D eigenvalue weighted by Crippen LogP contribution is 2.30. The predicted molar refractivity (Wildman–Crippen MR) is 94.7 cm³/mol. The maximum Gasteiger partial charge on any atom is 0.407 e. The van der Waals surface area contributed by atoms with Crippen LogP contribution in [-0.4, -0.2) is 18.2 Å². The number of amides is 1. The van der Waals surface area contributed by atoms with E-state index in [4.69, 9.17) is 8.92 Å². The molecule has 3 rings (SSSR count). The number of hydrogen-bond donors (Lipinski definition) is 1. The van der Waals surface area contributed by atoms with Crippen molar-refractivity contribution in [2.24, 2.45) is 0 Å². The molecule has 24 heavy (non-hydrogen) atoms. The largest absolute Gasteiger partial charge is 0.445 e. The van der Waals surface area contributed by atoms with E-state index in [-0.39, 0.29) is 18.2 Å². The Hall–Kier alpha value is -1.98. The van der Waals surface area contributed by atoms with Gasteiger partial charge < -0.3 is 14.2 Å². The van der Waals surface area contributed by atoms with Gasteiger partial charge in [0, 0.05) is 23.0 Å². The zero-order valence-corrected chi connectivity index (χ0v) is 14.4. The van der Waals surface area contributed by atoms with Crippen LogP contribution < -0.4 is 5.32 Å². The first kappa shape index (κ1) is 16.9. The Morgan fingerprint density at radius 2 is 1.83 bits per heavy atom. The van der Waals surface area contributed by atoms with Crippen molar-refractivity contribution in [1.29, 1.82) is 0 Å². The molecule has 0 radical (unpaired) electrons. The molecule has 2 aromatic carbocycles. The van der Waals surface area contributed by atoms with E-state index < -0.39 is 0 Å². The summed E-state index contributed by atoms with van der Waals surface area (Å²) in [6, 6.07) is 18.0. The molecule has 1 aliphatic rings. The van der Waals surface area contributed by atoms with E-state index in [1.807, 2.05) is 30.3 Å². The smallest absolute Gasteiger partial charge is 0.407 e. The molecule has 2 aromatic rings. The summed E-state index contributed by atoms with van der Waals surface area (Å²) in [5.74, 6) is 0. The molecule has 0 aliphatic heterocycles. The number of ether oxygens (including phenoxy) is 1. The van der Waals surface area contributed by atoms with Crippen molar-refractivity contribution in [2.75, 3.05) is 0 Å². The van der Waals surface area contributed by atoms with Crippen molar-refractivity contribution in [3.63, 3.8) is 0 Å². The van der Waals surface area contributed by atoms with Crippen LogP contribution in [0.2, 0.25) is 0 Å². The summed E-state index contributed by atoms with van der Waals surface area (Å²) < 4.78 is 11.0. The SMILES string of the molecule is Cc1ccc(SOC2CC(NC(=O)OCc3ccccc3)C2)cc1. The van der Waals surface area contributed by atoms with Crippen molar-refractivity contribution in [3.05, 3.63) is 65.7 Å². The molecule has 0 aromatic heterocycles. The minimum atomic E-state index is -0.367. The highest BCUT2D eigenvalue weighted by molar-refractivity contribution is 7.94. The second kappa shape index (κ2) is 8.22. The van der Waals surface area contributed by atoms with E-state index in [1.165, 1.54) is 17.6 Å². The molecule has 1 N–H and O–H groups in total. The van der Waals surface area contributed by atoms with Gasteiger partial charge in [-0.1, -0.05) is 48.0 Å². The van der Waals surface area contributed by atoms with E-state index in [9.17, 15) is 4.79 Å². The lowest BCUT2D eigenvalue weighted by Gasteiger charge is -2.34. The summed E-state index contributed by atoms with van der Waals surface area (Å²) in [6.45, 7) is 2.36. The Balaban J connectivity index is 1.30. The number of nitrogens with one attached hydrogen (secondary N) is 1. The van der Waals surface area contributed by atoms with E-state index in [0.29, 0.717) is 6.61 Å². The first-order chi connectivity index (χ1) is 11.7. The van der Waals surface area contributed by atoms with Gasteiger partial charge in [0.25, 0.3) is 0 Å². The molecule has 1 fully saturated rings. The molecule has 126 valence electrons. The summed E-state index contributed by atoms with van der Waals surface area (Å²) in [6.07, 6.45) is 1.45. The molecule has 1 saturated carbocycles. The molecular weight excluding hydrogens is 322 g/mol. The molecular formula is C19H21NO3S. The van der Waals surface area contributed by atoms with Crippen LogP contribution >= 0.6 is 12.0 Å². The topological polar surface area (TPSA) is 47.6 Å². The summed E-state index contributed by atoms with van der Waals surface area (Å²) in [5.41, 5.74) is 2.22. The first-order valence-electron chi connectivity index (χ1n) is 8.06. The molecule has 1 aliphatic carbocycles. The van der Waals surface area contributed by atoms with Crippen LogP contribution in [0, 0.1) is 6.92 Å². The van der Waals surface area contributed by atoms with E-state index in [2.05, 4.69) is 36.5 Å². The van der Waals surface area contributed by atoms with Gasteiger partial charge in [0.1, 0.15) is 6.61 Å².